The maximum atomic E-state index is 11.9. The molecule has 0 unspecified atom stereocenters. The first kappa shape index (κ1) is 13.5. The lowest BCUT2D eigenvalue weighted by atomic mass is 10.1. The molecule has 0 radical (unpaired) electrons. The number of hydrogen-bond acceptors (Lipinski definition) is 3. The number of hydrogen-bond donors (Lipinski definition) is 3. The zero-order chi connectivity index (χ0) is 14.5. The van der Waals surface area contributed by atoms with Crippen molar-refractivity contribution in [3.63, 3.8) is 0 Å². The number of carbonyl (C=O) groups is 1. The van der Waals surface area contributed by atoms with Crippen LogP contribution in [0.1, 0.15) is 0 Å². The Morgan fingerprint density at radius 1 is 1.19 bits per heavy atom. The van der Waals surface area contributed by atoms with Gasteiger partial charge in [-0.2, -0.15) is 5.10 Å². The Balaban J connectivity index is 1.56. The summed E-state index contributed by atoms with van der Waals surface area (Å²) in [6.07, 6.45) is 5.43. The lowest BCUT2D eigenvalue weighted by molar-refractivity contribution is -0.113. The fourth-order valence-electron chi connectivity index (χ4n) is 1.89. The van der Waals surface area contributed by atoms with E-state index in [2.05, 4.69) is 20.5 Å². The number of aromatic nitrogens is 3. The highest BCUT2D eigenvalue weighted by molar-refractivity contribution is 8.00. The van der Waals surface area contributed by atoms with Crippen molar-refractivity contribution in [1.29, 1.82) is 0 Å². The molecule has 0 aliphatic heterocycles. The summed E-state index contributed by atoms with van der Waals surface area (Å²) in [5.74, 6) is 0.371. The molecule has 5 nitrogen and oxygen atoms in total. The predicted octanol–water partition coefficient (Wildman–Crippen LogP) is 3.14. The van der Waals surface area contributed by atoms with E-state index in [1.165, 1.54) is 11.8 Å². The highest BCUT2D eigenvalue weighted by atomic mass is 32.2. The third-order valence-corrected chi connectivity index (χ3v) is 3.91. The smallest absolute Gasteiger partial charge is 0.234 e. The minimum atomic E-state index is -0.0181. The molecule has 0 spiro atoms. The molecule has 6 heteroatoms. The fraction of sp³-hybridized carbons (Fsp3) is 0.0667. The molecule has 0 aliphatic rings. The number of amides is 1. The number of carbonyl (C=O) groups excluding carboxylic acids is 1. The Hall–Kier alpha value is -2.47. The van der Waals surface area contributed by atoms with Crippen molar-refractivity contribution < 1.29 is 4.79 Å². The largest absolute Gasteiger partial charge is 0.367 e. The van der Waals surface area contributed by atoms with Crippen LogP contribution in [0.3, 0.4) is 0 Å². The molecule has 0 saturated carbocycles. The van der Waals surface area contributed by atoms with Crippen LogP contribution in [0.25, 0.3) is 11.3 Å². The Bertz CT molecular complexity index is 690. The zero-order valence-electron chi connectivity index (χ0n) is 11.2. The SMILES string of the molecule is O=C(CSc1cc[nH]c1)Nc1ccc(-c2ccn[nH]2)cc1. The second kappa shape index (κ2) is 6.32. The maximum absolute atomic E-state index is 11.9. The fourth-order valence-corrected chi connectivity index (χ4v) is 2.58. The Morgan fingerprint density at radius 3 is 2.71 bits per heavy atom. The van der Waals surface area contributed by atoms with Gasteiger partial charge in [-0.1, -0.05) is 12.1 Å². The first-order chi connectivity index (χ1) is 10.3. The molecule has 3 rings (SSSR count). The van der Waals surface area contributed by atoms with Crippen LogP contribution in [-0.4, -0.2) is 26.8 Å². The average Bonchev–Trinajstić information content (AvgIpc) is 3.19. The van der Waals surface area contributed by atoms with Crippen LogP contribution >= 0.6 is 11.8 Å². The zero-order valence-corrected chi connectivity index (χ0v) is 12.0. The lowest BCUT2D eigenvalue weighted by Gasteiger charge is -2.05. The highest BCUT2D eigenvalue weighted by Crippen LogP contribution is 2.20. The van der Waals surface area contributed by atoms with Crippen LogP contribution in [0.15, 0.2) is 59.9 Å². The van der Waals surface area contributed by atoms with Gasteiger partial charge in [0.05, 0.1) is 11.4 Å². The number of nitrogens with one attached hydrogen (secondary N) is 3. The van der Waals surface area contributed by atoms with E-state index in [1.807, 2.05) is 48.8 Å². The second-order valence-electron chi connectivity index (χ2n) is 4.43. The van der Waals surface area contributed by atoms with Gasteiger partial charge in [0.1, 0.15) is 0 Å². The van der Waals surface area contributed by atoms with Crippen molar-refractivity contribution >= 4 is 23.4 Å². The monoisotopic (exact) mass is 298 g/mol. The third-order valence-electron chi connectivity index (χ3n) is 2.92. The van der Waals surface area contributed by atoms with Crippen LogP contribution in [0.5, 0.6) is 0 Å². The van der Waals surface area contributed by atoms with Crippen molar-refractivity contribution in [2.75, 3.05) is 11.1 Å². The Kier molecular flexibility index (Phi) is 4.07. The molecule has 1 amide bonds. The summed E-state index contributed by atoms with van der Waals surface area (Å²) in [6.45, 7) is 0. The van der Waals surface area contributed by atoms with Crippen molar-refractivity contribution in [3.8, 4) is 11.3 Å². The Morgan fingerprint density at radius 2 is 2.05 bits per heavy atom. The molecule has 0 bridgehead atoms. The van der Waals surface area contributed by atoms with Gasteiger partial charge < -0.3 is 10.3 Å². The Labute approximate surface area is 126 Å². The van der Waals surface area contributed by atoms with Crippen molar-refractivity contribution in [1.82, 2.24) is 15.2 Å². The lowest BCUT2D eigenvalue weighted by Crippen LogP contribution is -2.13. The average molecular weight is 298 g/mol. The summed E-state index contributed by atoms with van der Waals surface area (Å²) in [5.41, 5.74) is 2.78. The van der Waals surface area contributed by atoms with E-state index >= 15 is 0 Å². The number of aromatic amines is 2. The molecule has 0 fully saturated rings. The van der Waals surface area contributed by atoms with Gasteiger partial charge >= 0.3 is 0 Å². The molecule has 106 valence electrons. The molecule has 2 heterocycles. The molecule has 0 saturated heterocycles. The molecule has 21 heavy (non-hydrogen) atoms. The van der Waals surface area contributed by atoms with Crippen molar-refractivity contribution in [2.24, 2.45) is 0 Å². The van der Waals surface area contributed by atoms with E-state index in [0.717, 1.165) is 21.8 Å². The van der Waals surface area contributed by atoms with E-state index in [0.29, 0.717) is 5.75 Å². The summed E-state index contributed by atoms with van der Waals surface area (Å²) in [5, 5.41) is 9.71. The van der Waals surface area contributed by atoms with Crippen LogP contribution in [0.2, 0.25) is 0 Å². The number of thioether (sulfide) groups is 1. The highest BCUT2D eigenvalue weighted by Gasteiger charge is 2.05. The maximum Gasteiger partial charge on any atom is 0.234 e. The molecular weight excluding hydrogens is 284 g/mol. The van der Waals surface area contributed by atoms with E-state index in [9.17, 15) is 4.79 Å². The molecule has 0 aliphatic carbocycles. The number of benzene rings is 1. The number of rotatable bonds is 5. The summed E-state index contributed by atoms with van der Waals surface area (Å²) in [4.78, 5) is 15.9. The number of anilines is 1. The molecule has 1 aromatic carbocycles. The van der Waals surface area contributed by atoms with Crippen molar-refractivity contribution in [2.45, 2.75) is 4.90 Å². The minimum Gasteiger partial charge on any atom is -0.367 e. The van der Waals surface area contributed by atoms with Gasteiger partial charge in [0, 0.05) is 29.2 Å². The van der Waals surface area contributed by atoms with Gasteiger partial charge in [0.25, 0.3) is 0 Å². The van der Waals surface area contributed by atoms with Gasteiger partial charge in [-0.25, -0.2) is 0 Å². The van der Waals surface area contributed by atoms with Gasteiger partial charge in [-0.15, -0.1) is 11.8 Å². The van der Waals surface area contributed by atoms with Crippen LogP contribution in [-0.2, 0) is 4.79 Å². The molecule has 2 aromatic heterocycles. The van der Waals surface area contributed by atoms with Crippen LogP contribution < -0.4 is 5.32 Å². The topological polar surface area (TPSA) is 73.6 Å². The van der Waals surface area contributed by atoms with Gasteiger partial charge in [-0.05, 0) is 29.8 Å². The van der Waals surface area contributed by atoms with Gasteiger partial charge in [0.15, 0.2) is 0 Å². The predicted molar refractivity (Wildman–Crippen MR) is 84.2 cm³/mol. The number of H-pyrrole nitrogens is 2. The van der Waals surface area contributed by atoms with Gasteiger partial charge in [0.2, 0.25) is 5.91 Å². The first-order valence-corrected chi connectivity index (χ1v) is 7.45. The minimum absolute atomic E-state index is 0.0181. The van der Waals surface area contributed by atoms with Crippen LogP contribution in [0, 0.1) is 0 Å². The molecule has 3 N–H and O–H groups in total. The van der Waals surface area contributed by atoms with E-state index < -0.39 is 0 Å². The summed E-state index contributed by atoms with van der Waals surface area (Å²) < 4.78 is 0. The van der Waals surface area contributed by atoms with E-state index in [-0.39, 0.29) is 5.91 Å². The quantitative estimate of drug-likeness (QED) is 0.634. The molecule has 3 aromatic rings. The van der Waals surface area contributed by atoms with Gasteiger partial charge in [-0.3, -0.25) is 9.89 Å². The third kappa shape index (κ3) is 3.55. The second-order valence-corrected chi connectivity index (χ2v) is 5.48. The summed E-state index contributed by atoms with van der Waals surface area (Å²) >= 11 is 1.50. The van der Waals surface area contributed by atoms with Crippen molar-refractivity contribution in [3.05, 3.63) is 55.0 Å². The summed E-state index contributed by atoms with van der Waals surface area (Å²) in [6, 6.07) is 11.5. The normalized spacial score (nSPS) is 10.5. The first-order valence-electron chi connectivity index (χ1n) is 6.46. The van der Waals surface area contributed by atoms with E-state index in [1.54, 1.807) is 6.20 Å². The number of nitrogens with zero attached hydrogens (tertiary/aromatic N) is 1. The molecule has 0 atom stereocenters. The molecular formula is C15H14N4OS. The van der Waals surface area contributed by atoms with Crippen LogP contribution in [0.4, 0.5) is 5.69 Å². The van der Waals surface area contributed by atoms with E-state index in [4.69, 9.17) is 0 Å². The summed E-state index contributed by atoms with van der Waals surface area (Å²) in [7, 11) is 0. The standard InChI is InChI=1S/C15H14N4OS/c20-15(10-21-13-5-7-16-9-13)18-12-3-1-11(2-4-12)14-6-8-17-19-14/h1-9,16H,10H2,(H,17,19)(H,18,20).